The second-order valence-corrected chi connectivity index (χ2v) is 6.82. The molecule has 2 heterocycles. The molecule has 1 saturated heterocycles. The van der Waals surface area contributed by atoms with Crippen molar-refractivity contribution in [2.75, 3.05) is 12.3 Å². The van der Waals surface area contributed by atoms with Crippen LogP contribution < -0.4 is 0 Å². The van der Waals surface area contributed by atoms with E-state index in [2.05, 4.69) is 4.98 Å². The number of alkyl halides is 3. The fraction of sp³-hybridized carbons (Fsp3) is 0.333. The minimum Gasteiger partial charge on any atom is -0.335 e. The number of benzene rings is 1. The summed E-state index contributed by atoms with van der Waals surface area (Å²) >= 11 is 1.16. The van der Waals surface area contributed by atoms with Crippen LogP contribution in [0.2, 0.25) is 0 Å². The standard InChI is InChI=1S/C18H17F3N2OS/c19-18(20,21)14-8-9-16(22-11-14)25-12-17(24)23-10-4-7-15(23)13-5-2-1-3-6-13/h1-3,5-6,8-9,11,15H,4,7,10,12H2. The summed E-state index contributed by atoms with van der Waals surface area (Å²) in [6.45, 7) is 0.708. The largest absolute Gasteiger partial charge is 0.417 e. The monoisotopic (exact) mass is 366 g/mol. The van der Waals surface area contributed by atoms with Gasteiger partial charge < -0.3 is 4.90 Å². The third-order valence-corrected chi connectivity index (χ3v) is 5.09. The highest BCUT2D eigenvalue weighted by molar-refractivity contribution is 7.99. The van der Waals surface area contributed by atoms with Gasteiger partial charge in [-0.25, -0.2) is 4.98 Å². The summed E-state index contributed by atoms with van der Waals surface area (Å²) in [6.07, 6.45) is -1.71. The Labute approximate surface area is 148 Å². The lowest BCUT2D eigenvalue weighted by Crippen LogP contribution is -2.31. The molecule has 1 aliphatic heterocycles. The number of hydrogen-bond donors (Lipinski definition) is 0. The van der Waals surface area contributed by atoms with E-state index in [4.69, 9.17) is 0 Å². The van der Waals surface area contributed by atoms with E-state index in [0.29, 0.717) is 11.6 Å². The van der Waals surface area contributed by atoms with Crippen LogP contribution in [0.25, 0.3) is 0 Å². The zero-order valence-corrected chi connectivity index (χ0v) is 14.2. The van der Waals surface area contributed by atoms with Gasteiger partial charge in [-0.3, -0.25) is 4.79 Å². The molecule has 1 aromatic heterocycles. The van der Waals surface area contributed by atoms with Gasteiger partial charge in [-0.1, -0.05) is 42.1 Å². The molecule has 1 atom stereocenters. The molecule has 0 bridgehead atoms. The number of nitrogens with zero attached hydrogens (tertiary/aromatic N) is 2. The lowest BCUT2D eigenvalue weighted by atomic mass is 10.0. The zero-order valence-electron chi connectivity index (χ0n) is 13.4. The van der Waals surface area contributed by atoms with Gasteiger partial charge in [0, 0.05) is 12.7 Å². The Kier molecular flexibility index (Phi) is 5.32. The highest BCUT2D eigenvalue weighted by Gasteiger charge is 2.31. The Balaban J connectivity index is 1.60. The van der Waals surface area contributed by atoms with Gasteiger partial charge in [-0.05, 0) is 30.5 Å². The summed E-state index contributed by atoms with van der Waals surface area (Å²) in [5.41, 5.74) is 0.331. The Morgan fingerprint density at radius 2 is 1.96 bits per heavy atom. The molecule has 0 N–H and O–H groups in total. The Bertz CT molecular complexity index is 719. The number of likely N-dealkylation sites (tertiary alicyclic amines) is 1. The van der Waals surface area contributed by atoms with Crippen LogP contribution in [-0.2, 0) is 11.0 Å². The van der Waals surface area contributed by atoms with Crippen LogP contribution in [0, 0.1) is 0 Å². The van der Waals surface area contributed by atoms with Crippen molar-refractivity contribution < 1.29 is 18.0 Å². The van der Waals surface area contributed by atoms with Gasteiger partial charge in [0.25, 0.3) is 0 Å². The van der Waals surface area contributed by atoms with Gasteiger partial charge >= 0.3 is 6.18 Å². The van der Waals surface area contributed by atoms with Crippen LogP contribution in [0.3, 0.4) is 0 Å². The Morgan fingerprint density at radius 1 is 1.20 bits per heavy atom. The average Bonchev–Trinajstić information content (AvgIpc) is 3.10. The number of thioether (sulfide) groups is 1. The van der Waals surface area contributed by atoms with Crippen LogP contribution in [0.15, 0.2) is 53.7 Å². The number of carbonyl (C=O) groups is 1. The fourth-order valence-corrected chi connectivity index (χ4v) is 3.67. The SMILES string of the molecule is O=C(CSc1ccc(C(F)(F)F)cn1)N1CCCC1c1ccccc1. The van der Waals surface area contributed by atoms with E-state index < -0.39 is 11.7 Å². The summed E-state index contributed by atoms with van der Waals surface area (Å²) in [4.78, 5) is 18.2. The molecule has 7 heteroatoms. The van der Waals surface area contributed by atoms with E-state index in [0.717, 1.165) is 42.4 Å². The van der Waals surface area contributed by atoms with E-state index in [1.54, 1.807) is 0 Å². The molecule has 1 amide bonds. The summed E-state index contributed by atoms with van der Waals surface area (Å²) in [5.74, 6) is 0.153. The molecule has 3 nitrogen and oxygen atoms in total. The van der Waals surface area contributed by atoms with Crippen molar-refractivity contribution in [1.82, 2.24) is 9.88 Å². The molecule has 2 aromatic rings. The smallest absolute Gasteiger partial charge is 0.335 e. The van der Waals surface area contributed by atoms with Crippen molar-refractivity contribution in [2.24, 2.45) is 0 Å². The summed E-state index contributed by atoms with van der Waals surface area (Å²) in [6, 6.07) is 12.3. The maximum Gasteiger partial charge on any atom is 0.417 e. The number of amides is 1. The number of carbonyl (C=O) groups excluding carboxylic acids is 1. The highest BCUT2D eigenvalue weighted by atomic mass is 32.2. The number of halogens is 3. The van der Waals surface area contributed by atoms with Crippen LogP contribution in [0.4, 0.5) is 13.2 Å². The number of aromatic nitrogens is 1. The van der Waals surface area contributed by atoms with Crippen molar-refractivity contribution in [1.29, 1.82) is 0 Å². The molecule has 132 valence electrons. The molecule has 1 aromatic carbocycles. The van der Waals surface area contributed by atoms with Crippen molar-refractivity contribution in [2.45, 2.75) is 30.1 Å². The molecule has 0 saturated carbocycles. The molecule has 0 radical (unpaired) electrons. The van der Waals surface area contributed by atoms with Crippen molar-refractivity contribution >= 4 is 17.7 Å². The first-order valence-electron chi connectivity index (χ1n) is 7.95. The van der Waals surface area contributed by atoms with Gasteiger partial charge in [0.1, 0.15) is 0 Å². The summed E-state index contributed by atoms with van der Waals surface area (Å²) < 4.78 is 37.6. The number of rotatable bonds is 4. The first kappa shape index (κ1) is 17.8. The second kappa shape index (κ2) is 7.47. The molecule has 0 spiro atoms. The van der Waals surface area contributed by atoms with Gasteiger partial charge in [0.2, 0.25) is 5.91 Å². The van der Waals surface area contributed by atoms with Crippen LogP contribution in [-0.4, -0.2) is 28.1 Å². The topological polar surface area (TPSA) is 33.2 Å². The van der Waals surface area contributed by atoms with Crippen LogP contribution >= 0.6 is 11.8 Å². The lowest BCUT2D eigenvalue weighted by Gasteiger charge is -2.25. The second-order valence-electron chi connectivity index (χ2n) is 5.83. The molecule has 25 heavy (non-hydrogen) atoms. The molecule has 3 rings (SSSR count). The van der Waals surface area contributed by atoms with Gasteiger partial charge in [0.05, 0.1) is 22.4 Å². The first-order chi connectivity index (χ1) is 11.9. The summed E-state index contributed by atoms with van der Waals surface area (Å²) in [5, 5.41) is 0.414. The average molecular weight is 366 g/mol. The van der Waals surface area contributed by atoms with Crippen molar-refractivity contribution in [3.05, 3.63) is 59.8 Å². The van der Waals surface area contributed by atoms with E-state index in [-0.39, 0.29) is 17.7 Å². The van der Waals surface area contributed by atoms with E-state index in [1.165, 1.54) is 6.07 Å². The lowest BCUT2D eigenvalue weighted by molar-refractivity contribution is -0.138. The molecular weight excluding hydrogens is 349 g/mol. The van der Waals surface area contributed by atoms with E-state index in [1.807, 2.05) is 35.2 Å². The molecule has 1 fully saturated rings. The third kappa shape index (κ3) is 4.34. The number of pyridine rings is 1. The van der Waals surface area contributed by atoms with Gasteiger partial charge in [-0.15, -0.1) is 0 Å². The minimum absolute atomic E-state index is 0.0157. The zero-order chi connectivity index (χ0) is 17.9. The Morgan fingerprint density at radius 3 is 2.60 bits per heavy atom. The summed E-state index contributed by atoms with van der Waals surface area (Å²) in [7, 11) is 0. The highest BCUT2D eigenvalue weighted by Crippen LogP contribution is 2.33. The predicted octanol–water partition coefficient (Wildman–Crippen LogP) is 4.56. The molecule has 1 unspecified atom stereocenters. The third-order valence-electron chi connectivity index (χ3n) is 4.16. The molecule has 0 aliphatic carbocycles. The fourth-order valence-electron chi connectivity index (χ4n) is 2.94. The maximum atomic E-state index is 12.5. The van der Waals surface area contributed by atoms with Gasteiger partial charge in [-0.2, -0.15) is 13.2 Å². The maximum absolute atomic E-state index is 12.5. The van der Waals surface area contributed by atoms with Crippen LogP contribution in [0.1, 0.15) is 30.0 Å². The minimum atomic E-state index is -4.40. The molecule has 1 aliphatic rings. The van der Waals surface area contributed by atoms with Crippen molar-refractivity contribution in [3.8, 4) is 0 Å². The van der Waals surface area contributed by atoms with E-state index in [9.17, 15) is 18.0 Å². The first-order valence-corrected chi connectivity index (χ1v) is 8.94. The number of hydrogen-bond acceptors (Lipinski definition) is 3. The normalized spacial score (nSPS) is 17.7. The van der Waals surface area contributed by atoms with Crippen molar-refractivity contribution in [3.63, 3.8) is 0 Å². The Hall–Kier alpha value is -2.02. The predicted molar refractivity (Wildman–Crippen MR) is 90.1 cm³/mol. The van der Waals surface area contributed by atoms with E-state index >= 15 is 0 Å². The van der Waals surface area contributed by atoms with Gasteiger partial charge in [0.15, 0.2) is 0 Å². The molecular formula is C18H17F3N2OS. The quantitative estimate of drug-likeness (QED) is 0.744. The van der Waals surface area contributed by atoms with Crippen LogP contribution in [0.5, 0.6) is 0 Å².